The highest BCUT2D eigenvalue weighted by molar-refractivity contribution is 6.30. The monoisotopic (exact) mass is 258 g/mol. The summed E-state index contributed by atoms with van der Waals surface area (Å²) in [7, 11) is 0. The summed E-state index contributed by atoms with van der Waals surface area (Å²) in [5.41, 5.74) is 0. The Kier molecular flexibility index (Phi) is 3.64. The zero-order chi connectivity index (χ0) is 11.4. The first-order valence-corrected chi connectivity index (χ1v) is 5.45. The van der Waals surface area contributed by atoms with Crippen LogP contribution in [-0.4, -0.2) is 10.1 Å². The van der Waals surface area contributed by atoms with Crippen LogP contribution in [0.15, 0.2) is 28.8 Å². The molecule has 0 amide bonds. The highest BCUT2D eigenvalue weighted by atomic mass is 35.5. The highest BCUT2D eigenvalue weighted by Gasteiger charge is 2.05. The van der Waals surface area contributed by atoms with Gasteiger partial charge in [-0.25, -0.2) is 0 Å². The Balaban J connectivity index is 1.94. The van der Waals surface area contributed by atoms with Crippen LogP contribution in [0.5, 0.6) is 5.75 Å². The van der Waals surface area contributed by atoms with Gasteiger partial charge in [0.15, 0.2) is 12.4 Å². The minimum absolute atomic E-state index is 0.214. The van der Waals surface area contributed by atoms with Crippen LogP contribution in [0.25, 0.3) is 0 Å². The zero-order valence-corrected chi connectivity index (χ0v) is 9.70. The number of hydrogen-bond donors (Lipinski definition) is 0. The van der Waals surface area contributed by atoms with Crippen LogP contribution in [-0.2, 0) is 12.5 Å². The number of hydrogen-bond acceptors (Lipinski definition) is 4. The molecule has 1 aromatic carbocycles. The summed E-state index contributed by atoms with van der Waals surface area (Å²) in [5.74, 6) is 1.77. The van der Waals surface area contributed by atoms with Crippen molar-refractivity contribution in [3.8, 4) is 5.75 Å². The Morgan fingerprint density at radius 1 is 1.25 bits per heavy atom. The SMILES string of the molecule is ClCc1noc(COc2ccc(Cl)cc2)n1. The van der Waals surface area contributed by atoms with E-state index in [1.165, 1.54) is 0 Å². The third-order valence-electron chi connectivity index (χ3n) is 1.81. The van der Waals surface area contributed by atoms with E-state index in [4.69, 9.17) is 32.5 Å². The second-order valence-corrected chi connectivity index (χ2v) is 3.68. The summed E-state index contributed by atoms with van der Waals surface area (Å²) in [4.78, 5) is 4.00. The molecule has 2 rings (SSSR count). The van der Waals surface area contributed by atoms with Crippen LogP contribution in [0.3, 0.4) is 0 Å². The maximum atomic E-state index is 5.74. The smallest absolute Gasteiger partial charge is 0.264 e. The summed E-state index contributed by atoms with van der Waals surface area (Å²) < 4.78 is 10.3. The van der Waals surface area contributed by atoms with Gasteiger partial charge in [-0.05, 0) is 24.3 Å². The average Bonchev–Trinajstić information content (AvgIpc) is 2.76. The van der Waals surface area contributed by atoms with Gasteiger partial charge < -0.3 is 9.26 Å². The standard InChI is InChI=1S/C10H8Cl2N2O2/c11-5-9-13-10(16-14-9)6-15-8-3-1-7(12)2-4-8/h1-4H,5-6H2. The molecule has 6 heteroatoms. The first kappa shape index (κ1) is 11.2. The molecule has 0 bridgehead atoms. The van der Waals surface area contributed by atoms with Crippen LogP contribution in [0.4, 0.5) is 0 Å². The first-order chi connectivity index (χ1) is 7.78. The van der Waals surface area contributed by atoms with E-state index in [1.54, 1.807) is 24.3 Å². The van der Waals surface area contributed by atoms with Gasteiger partial charge in [-0.2, -0.15) is 4.98 Å². The topological polar surface area (TPSA) is 48.2 Å². The van der Waals surface area contributed by atoms with Gasteiger partial charge in [0.2, 0.25) is 0 Å². The molecule has 2 aromatic rings. The third kappa shape index (κ3) is 2.87. The predicted molar refractivity (Wildman–Crippen MR) is 59.6 cm³/mol. The van der Waals surface area contributed by atoms with Crippen molar-refractivity contribution in [3.05, 3.63) is 41.0 Å². The van der Waals surface area contributed by atoms with E-state index in [9.17, 15) is 0 Å². The molecule has 84 valence electrons. The van der Waals surface area contributed by atoms with Crippen molar-refractivity contribution in [2.45, 2.75) is 12.5 Å². The van der Waals surface area contributed by atoms with E-state index < -0.39 is 0 Å². The lowest BCUT2D eigenvalue weighted by Gasteiger charge is -2.01. The molecular weight excluding hydrogens is 251 g/mol. The number of rotatable bonds is 4. The second kappa shape index (κ2) is 5.18. The molecule has 0 spiro atoms. The highest BCUT2D eigenvalue weighted by Crippen LogP contribution is 2.16. The Morgan fingerprint density at radius 2 is 2.00 bits per heavy atom. The van der Waals surface area contributed by atoms with Gasteiger partial charge in [0.05, 0.1) is 5.88 Å². The Morgan fingerprint density at radius 3 is 2.62 bits per heavy atom. The van der Waals surface area contributed by atoms with Crippen molar-refractivity contribution in [2.75, 3.05) is 0 Å². The molecular formula is C10H8Cl2N2O2. The van der Waals surface area contributed by atoms with Gasteiger partial charge in [0.1, 0.15) is 5.75 Å². The first-order valence-electron chi connectivity index (χ1n) is 4.54. The lowest BCUT2D eigenvalue weighted by atomic mass is 10.3. The lowest BCUT2D eigenvalue weighted by molar-refractivity contribution is 0.242. The van der Waals surface area contributed by atoms with Gasteiger partial charge in [0, 0.05) is 5.02 Å². The molecule has 16 heavy (non-hydrogen) atoms. The van der Waals surface area contributed by atoms with Gasteiger partial charge in [-0.15, -0.1) is 11.6 Å². The molecule has 0 unspecified atom stereocenters. The van der Waals surface area contributed by atoms with E-state index >= 15 is 0 Å². The molecule has 0 atom stereocenters. The number of alkyl halides is 1. The number of ether oxygens (including phenoxy) is 1. The molecule has 4 nitrogen and oxygen atoms in total. The summed E-state index contributed by atoms with van der Waals surface area (Å²) in [5, 5.41) is 4.30. The molecule has 1 aromatic heterocycles. The van der Waals surface area contributed by atoms with E-state index in [0.29, 0.717) is 22.5 Å². The summed E-state index contributed by atoms with van der Waals surface area (Å²) in [6, 6.07) is 7.02. The Hall–Kier alpha value is -1.26. The molecule has 0 aliphatic heterocycles. The van der Waals surface area contributed by atoms with Crippen molar-refractivity contribution in [1.29, 1.82) is 0 Å². The van der Waals surface area contributed by atoms with E-state index in [-0.39, 0.29) is 12.5 Å². The fraction of sp³-hybridized carbons (Fsp3) is 0.200. The van der Waals surface area contributed by atoms with E-state index in [2.05, 4.69) is 10.1 Å². The van der Waals surface area contributed by atoms with Gasteiger partial charge in [0.25, 0.3) is 5.89 Å². The number of nitrogens with zero attached hydrogens (tertiary/aromatic N) is 2. The third-order valence-corrected chi connectivity index (χ3v) is 2.30. The largest absolute Gasteiger partial charge is 0.484 e. The normalized spacial score (nSPS) is 10.4. The maximum absolute atomic E-state index is 5.74. The molecule has 0 N–H and O–H groups in total. The van der Waals surface area contributed by atoms with E-state index in [0.717, 1.165) is 0 Å². The van der Waals surface area contributed by atoms with Gasteiger partial charge in [-0.1, -0.05) is 16.8 Å². The molecule has 0 fully saturated rings. The minimum Gasteiger partial charge on any atom is -0.484 e. The Bertz CT molecular complexity index is 456. The van der Waals surface area contributed by atoms with Crippen LogP contribution >= 0.6 is 23.2 Å². The zero-order valence-electron chi connectivity index (χ0n) is 8.19. The second-order valence-electron chi connectivity index (χ2n) is 2.98. The maximum Gasteiger partial charge on any atom is 0.264 e. The van der Waals surface area contributed by atoms with Crippen LogP contribution < -0.4 is 4.74 Å². The molecule has 0 radical (unpaired) electrons. The summed E-state index contributed by atoms with van der Waals surface area (Å²) in [6.07, 6.45) is 0. The van der Waals surface area contributed by atoms with Crippen molar-refractivity contribution < 1.29 is 9.26 Å². The van der Waals surface area contributed by atoms with Crippen molar-refractivity contribution >= 4 is 23.2 Å². The van der Waals surface area contributed by atoms with Crippen molar-refractivity contribution in [2.24, 2.45) is 0 Å². The quantitative estimate of drug-likeness (QED) is 0.792. The molecule has 0 saturated heterocycles. The fourth-order valence-corrected chi connectivity index (χ4v) is 1.31. The fourth-order valence-electron chi connectivity index (χ4n) is 1.08. The van der Waals surface area contributed by atoms with Crippen LogP contribution in [0.2, 0.25) is 5.02 Å². The van der Waals surface area contributed by atoms with Gasteiger partial charge in [-0.3, -0.25) is 0 Å². The van der Waals surface area contributed by atoms with Gasteiger partial charge >= 0.3 is 0 Å². The summed E-state index contributed by atoms with van der Waals surface area (Å²) >= 11 is 11.3. The Labute approximate surface area is 102 Å². The number of benzene rings is 1. The predicted octanol–water partition coefficient (Wildman–Crippen LogP) is 3.04. The van der Waals surface area contributed by atoms with Crippen molar-refractivity contribution in [1.82, 2.24) is 10.1 Å². The molecule has 1 heterocycles. The number of halogens is 2. The summed E-state index contributed by atoms with van der Waals surface area (Å²) in [6.45, 7) is 0.214. The minimum atomic E-state index is 0.214. The lowest BCUT2D eigenvalue weighted by Crippen LogP contribution is -1.95. The molecule has 0 saturated carbocycles. The van der Waals surface area contributed by atoms with Crippen molar-refractivity contribution in [3.63, 3.8) is 0 Å². The molecule has 0 aliphatic rings. The van der Waals surface area contributed by atoms with Crippen LogP contribution in [0.1, 0.15) is 11.7 Å². The average molecular weight is 259 g/mol. The van der Waals surface area contributed by atoms with Crippen LogP contribution in [0, 0.1) is 0 Å². The molecule has 0 aliphatic carbocycles. The number of aromatic nitrogens is 2. The van der Waals surface area contributed by atoms with E-state index in [1.807, 2.05) is 0 Å².